The van der Waals surface area contributed by atoms with Crippen molar-refractivity contribution in [2.75, 3.05) is 0 Å². The summed E-state index contributed by atoms with van der Waals surface area (Å²) >= 11 is 0. The molecule has 0 bridgehead atoms. The lowest BCUT2D eigenvalue weighted by Gasteiger charge is -2.11. The zero-order valence-electron chi connectivity index (χ0n) is 14.1. The predicted octanol–water partition coefficient (Wildman–Crippen LogP) is 3.39. The fourth-order valence-electron chi connectivity index (χ4n) is 2.80. The maximum Gasteiger partial charge on any atom is 0.243 e. The van der Waals surface area contributed by atoms with Crippen molar-refractivity contribution < 1.29 is 9.30 Å². The lowest BCUT2D eigenvalue weighted by molar-refractivity contribution is -0.675. The number of hydrogen-bond donors (Lipinski definition) is 0. The Morgan fingerprint density at radius 1 is 1.00 bits per heavy atom. The van der Waals surface area contributed by atoms with Crippen molar-refractivity contribution in [2.24, 2.45) is 7.05 Å². The average Bonchev–Trinajstić information content (AvgIpc) is 3.25. The van der Waals surface area contributed by atoms with E-state index < -0.39 is 0 Å². The van der Waals surface area contributed by atoms with Crippen molar-refractivity contribution in [3.05, 3.63) is 85.2 Å². The molecule has 5 nitrogen and oxygen atoms in total. The molecule has 0 N–H and O–H groups in total. The van der Waals surface area contributed by atoms with Gasteiger partial charge in [0.2, 0.25) is 6.33 Å². The highest BCUT2D eigenvalue weighted by Crippen LogP contribution is 2.25. The molecule has 0 saturated heterocycles. The molecule has 2 aromatic heterocycles. The fraction of sp³-hybridized carbons (Fsp3) is 0.100. The Morgan fingerprint density at radius 2 is 1.72 bits per heavy atom. The number of benzene rings is 2. The molecule has 0 saturated carbocycles. The molecule has 0 fully saturated rings. The van der Waals surface area contributed by atoms with Crippen LogP contribution in [0.3, 0.4) is 0 Å². The van der Waals surface area contributed by atoms with Gasteiger partial charge in [-0.3, -0.25) is 0 Å². The Balaban J connectivity index is 1.62. The first-order valence-corrected chi connectivity index (χ1v) is 8.05. The third-order valence-electron chi connectivity index (χ3n) is 3.89. The Kier molecular flexibility index (Phi) is 3.82. The van der Waals surface area contributed by atoms with Gasteiger partial charge in [0.25, 0.3) is 0 Å². The van der Waals surface area contributed by atoms with E-state index in [0.29, 0.717) is 0 Å². The van der Waals surface area contributed by atoms with Crippen LogP contribution in [0.1, 0.15) is 5.69 Å². The molecule has 0 aliphatic heterocycles. The average molecular weight is 330 g/mol. The van der Waals surface area contributed by atoms with E-state index in [4.69, 9.17) is 4.74 Å². The second-order valence-electron chi connectivity index (χ2n) is 5.86. The fourth-order valence-corrected chi connectivity index (χ4v) is 2.80. The molecule has 124 valence electrons. The summed E-state index contributed by atoms with van der Waals surface area (Å²) in [5.41, 5.74) is 3.08. The maximum atomic E-state index is 6.05. The largest absolute Gasteiger partial charge is 0.458 e. The second kappa shape index (κ2) is 6.28. The zero-order chi connectivity index (χ0) is 17.2. The third-order valence-corrected chi connectivity index (χ3v) is 3.89. The topological polar surface area (TPSA) is 35.9 Å². The summed E-state index contributed by atoms with van der Waals surface area (Å²) in [5.74, 6) is 1.54. The van der Waals surface area contributed by atoms with Crippen molar-refractivity contribution in [2.45, 2.75) is 6.92 Å². The first-order chi connectivity index (χ1) is 12.2. The van der Waals surface area contributed by atoms with Gasteiger partial charge in [0.1, 0.15) is 11.5 Å². The van der Waals surface area contributed by atoms with Gasteiger partial charge in [-0.25, -0.2) is 4.68 Å². The summed E-state index contributed by atoms with van der Waals surface area (Å²) < 4.78 is 11.8. The lowest BCUT2D eigenvalue weighted by atomic mass is 10.2. The first-order valence-electron chi connectivity index (χ1n) is 8.05. The van der Waals surface area contributed by atoms with Crippen molar-refractivity contribution in [3.63, 3.8) is 0 Å². The van der Waals surface area contributed by atoms with Gasteiger partial charge >= 0.3 is 0 Å². The van der Waals surface area contributed by atoms with Gasteiger partial charge in [-0.1, -0.05) is 18.2 Å². The summed E-state index contributed by atoms with van der Waals surface area (Å²) in [6, 6.07) is 17.7. The normalized spacial score (nSPS) is 10.8. The molecule has 0 amide bonds. The number of hydrogen-bond acceptors (Lipinski definition) is 2. The van der Waals surface area contributed by atoms with Crippen LogP contribution >= 0.6 is 0 Å². The molecule has 0 aliphatic rings. The Labute approximate surface area is 146 Å². The van der Waals surface area contributed by atoms with Gasteiger partial charge < -0.3 is 13.9 Å². The molecule has 0 atom stereocenters. The third kappa shape index (κ3) is 3.17. The molecule has 2 aromatic carbocycles. The van der Waals surface area contributed by atoms with Crippen LogP contribution in [0.4, 0.5) is 0 Å². The SMILES string of the molecule is Cc1c[n+](C)[c-]n1-c1cccc(Oc2cccc(-n3cccn3)c2)c1. The molecule has 4 aromatic rings. The number of ether oxygens (including phenoxy) is 1. The summed E-state index contributed by atoms with van der Waals surface area (Å²) in [4.78, 5) is 0. The highest BCUT2D eigenvalue weighted by atomic mass is 16.5. The summed E-state index contributed by atoms with van der Waals surface area (Å²) in [7, 11) is 1.96. The molecule has 0 radical (unpaired) electrons. The van der Waals surface area contributed by atoms with Crippen LogP contribution in [0.25, 0.3) is 11.4 Å². The van der Waals surface area contributed by atoms with Crippen LogP contribution in [0.15, 0.2) is 73.2 Å². The molecule has 0 unspecified atom stereocenters. The van der Waals surface area contributed by atoms with Crippen molar-refractivity contribution in [1.82, 2.24) is 14.3 Å². The van der Waals surface area contributed by atoms with Crippen LogP contribution in [0.2, 0.25) is 0 Å². The monoisotopic (exact) mass is 330 g/mol. The minimum atomic E-state index is 0.768. The number of imidazole rings is 1. The van der Waals surface area contributed by atoms with Crippen LogP contribution in [0.5, 0.6) is 11.5 Å². The van der Waals surface area contributed by atoms with Crippen molar-refractivity contribution in [3.8, 4) is 22.9 Å². The minimum absolute atomic E-state index is 0.768. The van der Waals surface area contributed by atoms with E-state index in [1.807, 2.05) is 83.2 Å². The molecule has 25 heavy (non-hydrogen) atoms. The van der Waals surface area contributed by atoms with Crippen molar-refractivity contribution >= 4 is 0 Å². The summed E-state index contributed by atoms with van der Waals surface area (Å²) in [6.45, 7) is 2.05. The van der Waals surface area contributed by atoms with Crippen LogP contribution in [0, 0.1) is 13.3 Å². The highest BCUT2D eigenvalue weighted by molar-refractivity contribution is 5.44. The van der Waals surface area contributed by atoms with E-state index in [0.717, 1.165) is 28.6 Å². The van der Waals surface area contributed by atoms with E-state index in [1.54, 1.807) is 10.9 Å². The number of nitrogens with zero attached hydrogens (tertiary/aromatic N) is 4. The molecule has 5 heteroatoms. The first kappa shape index (κ1) is 15.2. The quantitative estimate of drug-likeness (QED) is 0.425. The van der Waals surface area contributed by atoms with E-state index in [2.05, 4.69) is 18.3 Å². The molecule has 0 spiro atoms. The van der Waals surface area contributed by atoms with E-state index in [1.165, 1.54) is 0 Å². The predicted molar refractivity (Wildman–Crippen MR) is 94.2 cm³/mol. The maximum absolute atomic E-state index is 6.05. The van der Waals surface area contributed by atoms with Gasteiger partial charge in [0.15, 0.2) is 0 Å². The molecular formula is C20H18N4O. The van der Waals surface area contributed by atoms with E-state index in [9.17, 15) is 0 Å². The summed E-state index contributed by atoms with van der Waals surface area (Å²) in [6.07, 6.45) is 8.94. The molecule has 4 rings (SSSR count). The van der Waals surface area contributed by atoms with Crippen molar-refractivity contribution in [1.29, 1.82) is 0 Å². The number of aromatic nitrogens is 4. The van der Waals surface area contributed by atoms with Gasteiger partial charge in [-0.2, -0.15) is 5.10 Å². The van der Waals surface area contributed by atoms with Gasteiger partial charge in [-0.15, -0.1) is 0 Å². The minimum Gasteiger partial charge on any atom is -0.458 e. The molecular weight excluding hydrogens is 312 g/mol. The van der Waals surface area contributed by atoms with Gasteiger partial charge in [0.05, 0.1) is 18.4 Å². The van der Waals surface area contributed by atoms with E-state index >= 15 is 0 Å². The van der Waals surface area contributed by atoms with Crippen LogP contribution in [-0.4, -0.2) is 14.3 Å². The lowest BCUT2D eigenvalue weighted by Crippen LogP contribution is -2.24. The van der Waals surface area contributed by atoms with Crippen LogP contribution in [-0.2, 0) is 7.05 Å². The van der Waals surface area contributed by atoms with Gasteiger partial charge in [-0.05, 0) is 37.3 Å². The summed E-state index contributed by atoms with van der Waals surface area (Å²) in [5, 5.41) is 4.25. The smallest absolute Gasteiger partial charge is 0.243 e. The zero-order valence-corrected chi connectivity index (χ0v) is 14.1. The molecule has 2 heterocycles. The standard InChI is InChI=1S/C20H18N4O/c1-16-14-22(2)15-23(16)17-6-3-8-19(12-17)25-20-9-4-7-18(13-20)24-11-5-10-21-24/h3-14H,1-2H3. The number of rotatable bonds is 4. The van der Waals surface area contributed by atoms with Crippen LogP contribution < -0.4 is 9.30 Å². The Bertz CT molecular complexity index is 1000. The second-order valence-corrected chi connectivity index (χ2v) is 5.86. The number of aryl methyl sites for hydroxylation is 2. The Morgan fingerprint density at radius 3 is 2.36 bits per heavy atom. The van der Waals surface area contributed by atoms with E-state index in [-0.39, 0.29) is 0 Å². The van der Waals surface area contributed by atoms with Gasteiger partial charge in [0, 0.05) is 30.4 Å². The Hall–Kier alpha value is -3.34. The molecule has 0 aliphatic carbocycles. The highest BCUT2D eigenvalue weighted by Gasteiger charge is 2.05.